The maximum atomic E-state index is 5.79. The summed E-state index contributed by atoms with van der Waals surface area (Å²) >= 11 is 0. The smallest absolute Gasteiger partial charge is 0.119 e. The first kappa shape index (κ1) is 14.9. The Balaban J connectivity index is 1.72. The second kappa shape index (κ2) is 7.94. The van der Waals surface area contributed by atoms with Gasteiger partial charge in [-0.3, -0.25) is 4.90 Å². The predicted molar refractivity (Wildman–Crippen MR) is 82.7 cm³/mol. The molecule has 0 bridgehead atoms. The molecule has 1 aliphatic carbocycles. The Morgan fingerprint density at radius 2 is 2.05 bits per heavy atom. The van der Waals surface area contributed by atoms with Gasteiger partial charge in [0.05, 0.1) is 6.54 Å². The number of nitrogens with two attached hydrogens (primary N) is 1. The van der Waals surface area contributed by atoms with Crippen LogP contribution in [0.5, 0.6) is 5.75 Å². The van der Waals surface area contributed by atoms with Crippen molar-refractivity contribution in [1.29, 1.82) is 0 Å². The molecule has 0 aliphatic heterocycles. The van der Waals surface area contributed by atoms with E-state index in [1.807, 2.05) is 24.3 Å². The third kappa shape index (κ3) is 5.24. The maximum Gasteiger partial charge on any atom is 0.119 e. The van der Waals surface area contributed by atoms with Crippen LogP contribution in [-0.2, 0) is 0 Å². The molecule has 1 saturated carbocycles. The van der Waals surface area contributed by atoms with E-state index in [0.29, 0.717) is 6.54 Å². The minimum atomic E-state index is 0.395. The molecule has 1 fully saturated rings. The third-order valence-electron chi connectivity index (χ3n) is 3.53. The molecule has 0 radical (unpaired) electrons. The Morgan fingerprint density at radius 1 is 1.30 bits per heavy atom. The van der Waals surface area contributed by atoms with Crippen LogP contribution in [0.15, 0.2) is 24.3 Å². The SMILES string of the molecule is CCN(CCOc1ccc(C#CCN)cc1)CC1CC1. The Hall–Kier alpha value is -1.50. The molecular formula is C17H24N2O. The van der Waals surface area contributed by atoms with Crippen molar-refractivity contribution < 1.29 is 4.74 Å². The largest absolute Gasteiger partial charge is 0.492 e. The number of nitrogens with zero attached hydrogens (tertiary/aromatic N) is 1. The highest BCUT2D eigenvalue weighted by Crippen LogP contribution is 2.29. The monoisotopic (exact) mass is 272 g/mol. The van der Waals surface area contributed by atoms with E-state index in [1.54, 1.807) is 0 Å². The van der Waals surface area contributed by atoms with Crippen LogP contribution in [0.4, 0.5) is 0 Å². The van der Waals surface area contributed by atoms with E-state index in [4.69, 9.17) is 10.5 Å². The minimum Gasteiger partial charge on any atom is -0.492 e. The molecule has 1 aromatic carbocycles. The molecule has 3 heteroatoms. The van der Waals surface area contributed by atoms with Crippen LogP contribution in [0.3, 0.4) is 0 Å². The van der Waals surface area contributed by atoms with Gasteiger partial charge in [-0.15, -0.1) is 0 Å². The lowest BCUT2D eigenvalue weighted by atomic mass is 10.2. The Bertz CT molecular complexity index is 454. The molecule has 0 atom stereocenters. The van der Waals surface area contributed by atoms with Gasteiger partial charge in [0.1, 0.15) is 12.4 Å². The molecule has 1 aromatic rings. The molecule has 0 unspecified atom stereocenters. The normalized spacial score (nSPS) is 13.9. The minimum absolute atomic E-state index is 0.395. The summed E-state index contributed by atoms with van der Waals surface area (Å²) in [4.78, 5) is 2.47. The standard InChI is InChI=1S/C17H24N2O/c1-2-19(14-16-5-6-16)12-13-20-17-9-7-15(8-10-17)4-3-11-18/h7-10,16H,2,5-6,11-14,18H2,1H3. The summed E-state index contributed by atoms with van der Waals surface area (Å²) in [6.07, 6.45) is 2.81. The van der Waals surface area contributed by atoms with E-state index in [9.17, 15) is 0 Å². The van der Waals surface area contributed by atoms with E-state index in [-0.39, 0.29) is 0 Å². The number of ether oxygens (including phenoxy) is 1. The fourth-order valence-corrected chi connectivity index (χ4v) is 2.12. The molecule has 2 N–H and O–H groups in total. The average Bonchev–Trinajstić information content (AvgIpc) is 3.29. The zero-order valence-electron chi connectivity index (χ0n) is 12.3. The molecule has 0 spiro atoms. The van der Waals surface area contributed by atoms with Gasteiger partial charge in [0.15, 0.2) is 0 Å². The topological polar surface area (TPSA) is 38.5 Å². The number of rotatable bonds is 7. The molecule has 2 rings (SSSR count). The van der Waals surface area contributed by atoms with E-state index in [1.165, 1.54) is 19.4 Å². The lowest BCUT2D eigenvalue weighted by Crippen LogP contribution is -2.30. The summed E-state index contributed by atoms with van der Waals surface area (Å²) in [6.45, 7) is 6.69. The molecule has 0 saturated heterocycles. The summed E-state index contributed by atoms with van der Waals surface area (Å²) in [7, 11) is 0. The van der Waals surface area contributed by atoms with Gasteiger partial charge in [0, 0.05) is 18.7 Å². The van der Waals surface area contributed by atoms with E-state index < -0.39 is 0 Å². The summed E-state index contributed by atoms with van der Waals surface area (Å²) in [5, 5.41) is 0. The molecule has 20 heavy (non-hydrogen) atoms. The number of hydrogen-bond acceptors (Lipinski definition) is 3. The highest BCUT2D eigenvalue weighted by molar-refractivity contribution is 5.38. The lowest BCUT2D eigenvalue weighted by molar-refractivity contribution is 0.210. The van der Waals surface area contributed by atoms with Gasteiger partial charge in [0.25, 0.3) is 0 Å². The summed E-state index contributed by atoms with van der Waals surface area (Å²) in [5.41, 5.74) is 6.33. The number of hydrogen-bond donors (Lipinski definition) is 1. The molecule has 0 amide bonds. The molecule has 1 aliphatic rings. The lowest BCUT2D eigenvalue weighted by Gasteiger charge is -2.20. The average molecular weight is 272 g/mol. The maximum absolute atomic E-state index is 5.79. The van der Waals surface area contributed by atoms with Crippen molar-refractivity contribution in [1.82, 2.24) is 4.90 Å². The van der Waals surface area contributed by atoms with Crippen LogP contribution in [0.25, 0.3) is 0 Å². The fraction of sp³-hybridized carbons (Fsp3) is 0.529. The van der Waals surface area contributed by atoms with Crippen LogP contribution in [0, 0.1) is 17.8 Å². The second-order valence-electron chi connectivity index (χ2n) is 5.22. The molecule has 0 heterocycles. The second-order valence-corrected chi connectivity index (χ2v) is 5.22. The van der Waals surface area contributed by atoms with Gasteiger partial charge in [0.2, 0.25) is 0 Å². The quantitative estimate of drug-likeness (QED) is 0.773. The Kier molecular flexibility index (Phi) is 5.91. The van der Waals surface area contributed by atoms with Crippen molar-refractivity contribution in [3.8, 4) is 17.6 Å². The van der Waals surface area contributed by atoms with Crippen molar-refractivity contribution in [2.24, 2.45) is 11.7 Å². The van der Waals surface area contributed by atoms with Gasteiger partial charge < -0.3 is 10.5 Å². The van der Waals surface area contributed by atoms with Gasteiger partial charge in [-0.2, -0.15) is 0 Å². The molecular weight excluding hydrogens is 248 g/mol. The molecule has 108 valence electrons. The third-order valence-corrected chi connectivity index (χ3v) is 3.53. The van der Waals surface area contributed by atoms with E-state index in [2.05, 4.69) is 23.7 Å². The van der Waals surface area contributed by atoms with Crippen molar-refractivity contribution >= 4 is 0 Å². The number of likely N-dealkylation sites (N-methyl/N-ethyl adjacent to an activating group) is 1. The van der Waals surface area contributed by atoms with Gasteiger partial charge in [-0.05, 0) is 49.6 Å². The van der Waals surface area contributed by atoms with Crippen molar-refractivity contribution in [3.63, 3.8) is 0 Å². The van der Waals surface area contributed by atoms with Crippen LogP contribution in [0.2, 0.25) is 0 Å². The highest BCUT2D eigenvalue weighted by Gasteiger charge is 2.23. The van der Waals surface area contributed by atoms with Gasteiger partial charge >= 0.3 is 0 Å². The Morgan fingerprint density at radius 3 is 2.65 bits per heavy atom. The summed E-state index contributed by atoms with van der Waals surface area (Å²) in [5.74, 6) is 7.70. The summed E-state index contributed by atoms with van der Waals surface area (Å²) in [6, 6.07) is 7.88. The Labute approximate surface area is 122 Å². The van der Waals surface area contributed by atoms with Crippen molar-refractivity contribution in [2.45, 2.75) is 19.8 Å². The first-order valence-corrected chi connectivity index (χ1v) is 7.46. The number of benzene rings is 1. The molecule has 0 aromatic heterocycles. The van der Waals surface area contributed by atoms with E-state index in [0.717, 1.165) is 36.9 Å². The van der Waals surface area contributed by atoms with Crippen LogP contribution in [-0.4, -0.2) is 37.7 Å². The zero-order chi connectivity index (χ0) is 14.2. The van der Waals surface area contributed by atoms with Crippen molar-refractivity contribution in [2.75, 3.05) is 32.8 Å². The fourth-order valence-electron chi connectivity index (χ4n) is 2.12. The van der Waals surface area contributed by atoms with Crippen LogP contribution in [0.1, 0.15) is 25.3 Å². The van der Waals surface area contributed by atoms with Crippen LogP contribution < -0.4 is 10.5 Å². The zero-order valence-corrected chi connectivity index (χ0v) is 12.3. The predicted octanol–water partition coefficient (Wildman–Crippen LogP) is 2.11. The van der Waals surface area contributed by atoms with Gasteiger partial charge in [-0.25, -0.2) is 0 Å². The first-order chi connectivity index (χ1) is 9.81. The van der Waals surface area contributed by atoms with Gasteiger partial charge in [-0.1, -0.05) is 18.8 Å². The molecule has 3 nitrogen and oxygen atoms in total. The summed E-state index contributed by atoms with van der Waals surface area (Å²) < 4.78 is 5.79. The highest BCUT2D eigenvalue weighted by atomic mass is 16.5. The first-order valence-electron chi connectivity index (χ1n) is 7.46. The van der Waals surface area contributed by atoms with Crippen molar-refractivity contribution in [3.05, 3.63) is 29.8 Å². The van der Waals surface area contributed by atoms with Crippen LogP contribution >= 0.6 is 0 Å². The van der Waals surface area contributed by atoms with E-state index >= 15 is 0 Å².